The van der Waals surface area contributed by atoms with Gasteiger partial charge in [0.2, 0.25) is 0 Å². The Morgan fingerprint density at radius 2 is 1.62 bits per heavy atom. The summed E-state index contributed by atoms with van der Waals surface area (Å²) in [5, 5.41) is 0. The van der Waals surface area contributed by atoms with Crippen LogP contribution in [-0.2, 0) is 0 Å². The molecule has 16 heavy (non-hydrogen) atoms. The highest BCUT2D eigenvalue weighted by Gasteiger charge is 2.09. The monoisotopic (exact) mass is 213 g/mol. The fourth-order valence-electron chi connectivity index (χ4n) is 1.95. The van der Waals surface area contributed by atoms with E-state index in [2.05, 4.69) is 16.9 Å². The van der Waals surface area contributed by atoms with Crippen LogP contribution in [0.2, 0.25) is 0 Å². The topological polar surface area (TPSA) is 51.8 Å². The van der Waals surface area contributed by atoms with E-state index < -0.39 is 0 Å². The molecule has 82 valence electrons. The fraction of sp³-hybridized carbons (Fsp3) is 0.231. The molecule has 0 unspecified atom stereocenters. The first-order valence-corrected chi connectivity index (χ1v) is 5.24. The predicted molar refractivity (Wildman–Crippen MR) is 66.1 cm³/mol. The molecule has 0 amide bonds. The minimum absolute atomic E-state index is 0.786. The molecule has 0 atom stereocenters. The second kappa shape index (κ2) is 3.93. The minimum atomic E-state index is 0.786. The average molecular weight is 213 g/mol. The van der Waals surface area contributed by atoms with Crippen LogP contribution in [0.25, 0.3) is 11.1 Å². The molecule has 3 nitrogen and oxygen atoms in total. The molecular formula is C13H15N3. The Morgan fingerprint density at radius 1 is 1.00 bits per heavy atom. The number of benzene rings is 1. The lowest BCUT2D eigenvalue weighted by molar-refractivity contribution is 1.06. The second-order valence-electron chi connectivity index (χ2n) is 3.99. The number of nitrogen functional groups attached to an aromatic ring is 1. The van der Waals surface area contributed by atoms with Crippen molar-refractivity contribution in [2.24, 2.45) is 0 Å². The number of aromatic nitrogens is 2. The SMILES string of the molecule is Cc1cc(N)ccc1-c1c(C)ncnc1C. The Bertz CT molecular complexity index is 512. The zero-order valence-electron chi connectivity index (χ0n) is 9.78. The van der Waals surface area contributed by atoms with Crippen LogP contribution in [0.4, 0.5) is 5.69 Å². The minimum Gasteiger partial charge on any atom is -0.399 e. The van der Waals surface area contributed by atoms with Gasteiger partial charge in [-0.25, -0.2) is 9.97 Å². The highest BCUT2D eigenvalue weighted by molar-refractivity contribution is 5.72. The van der Waals surface area contributed by atoms with E-state index in [0.29, 0.717) is 0 Å². The van der Waals surface area contributed by atoms with Gasteiger partial charge >= 0.3 is 0 Å². The van der Waals surface area contributed by atoms with Gasteiger partial charge < -0.3 is 5.73 Å². The lowest BCUT2D eigenvalue weighted by Gasteiger charge is -2.11. The van der Waals surface area contributed by atoms with Gasteiger partial charge in [-0.05, 0) is 44.0 Å². The molecule has 2 rings (SSSR count). The quantitative estimate of drug-likeness (QED) is 0.741. The van der Waals surface area contributed by atoms with Crippen molar-refractivity contribution < 1.29 is 0 Å². The number of aryl methyl sites for hydroxylation is 3. The van der Waals surface area contributed by atoms with Crippen molar-refractivity contribution in [1.82, 2.24) is 9.97 Å². The zero-order chi connectivity index (χ0) is 11.7. The van der Waals surface area contributed by atoms with Crippen molar-refractivity contribution in [2.75, 3.05) is 5.73 Å². The number of nitrogens with zero attached hydrogens (tertiary/aromatic N) is 2. The van der Waals surface area contributed by atoms with Crippen molar-refractivity contribution in [3.8, 4) is 11.1 Å². The van der Waals surface area contributed by atoms with Gasteiger partial charge in [-0.1, -0.05) is 6.07 Å². The van der Waals surface area contributed by atoms with E-state index in [1.165, 1.54) is 0 Å². The molecule has 0 aliphatic heterocycles. The molecule has 3 heteroatoms. The van der Waals surface area contributed by atoms with Crippen LogP contribution in [0.3, 0.4) is 0 Å². The maximum absolute atomic E-state index is 5.75. The van der Waals surface area contributed by atoms with Gasteiger partial charge in [0.15, 0.2) is 0 Å². The lowest BCUT2D eigenvalue weighted by Crippen LogP contribution is -1.97. The Hall–Kier alpha value is -1.90. The molecule has 1 heterocycles. The van der Waals surface area contributed by atoms with E-state index in [9.17, 15) is 0 Å². The normalized spacial score (nSPS) is 10.4. The van der Waals surface area contributed by atoms with Gasteiger partial charge in [0.05, 0.1) is 0 Å². The molecule has 1 aromatic carbocycles. The Morgan fingerprint density at radius 3 is 2.19 bits per heavy atom. The third-order valence-corrected chi connectivity index (χ3v) is 2.75. The fourth-order valence-corrected chi connectivity index (χ4v) is 1.95. The van der Waals surface area contributed by atoms with Crippen molar-refractivity contribution >= 4 is 5.69 Å². The molecule has 1 aromatic heterocycles. The van der Waals surface area contributed by atoms with Gasteiger partial charge in [0, 0.05) is 22.6 Å². The molecule has 2 aromatic rings. The predicted octanol–water partition coefficient (Wildman–Crippen LogP) is 2.65. The molecule has 2 N–H and O–H groups in total. The van der Waals surface area contributed by atoms with E-state index in [4.69, 9.17) is 5.73 Å². The maximum atomic E-state index is 5.75. The standard InChI is InChI=1S/C13H15N3/c1-8-6-11(14)4-5-12(8)13-9(2)15-7-16-10(13)3/h4-7H,14H2,1-3H3. The van der Waals surface area contributed by atoms with E-state index in [-0.39, 0.29) is 0 Å². The van der Waals surface area contributed by atoms with Crippen molar-refractivity contribution in [2.45, 2.75) is 20.8 Å². The Kier molecular flexibility index (Phi) is 2.60. The van der Waals surface area contributed by atoms with E-state index in [1.807, 2.05) is 32.0 Å². The number of anilines is 1. The molecule has 0 aliphatic rings. The summed E-state index contributed by atoms with van der Waals surface area (Å²) < 4.78 is 0. The maximum Gasteiger partial charge on any atom is 0.115 e. The Labute approximate surface area is 95.4 Å². The molecule has 0 radical (unpaired) electrons. The molecule has 0 saturated carbocycles. The highest BCUT2D eigenvalue weighted by Crippen LogP contribution is 2.28. The third-order valence-electron chi connectivity index (χ3n) is 2.75. The largest absolute Gasteiger partial charge is 0.399 e. The van der Waals surface area contributed by atoms with Crippen LogP contribution >= 0.6 is 0 Å². The van der Waals surface area contributed by atoms with Crippen LogP contribution in [0.15, 0.2) is 24.5 Å². The van der Waals surface area contributed by atoms with Gasteiger partial charge in [0.1, 0.15) is 6.33 Å². The highest BCUT2D eigenvalue weighted by atomic mass is 14.8. The van der Waals surface area contributed by atoms with E-state index >= 15 is 0 Å². The number of nitrogens with two attached hydrogens (primary N) is 1. The molecule has 0 bridgehead atoms. The summed E-state index contributed by atoms with van der Waals surface area (Å²) in [6.07, 6.45) is 1.60. The van der Waals surface area contributed by atoms with Gasteiger partial charge in [-0.15, -0.1) is 0 Å². The number of rotatable bonds is 1. The van der Waals surface area contributed by atoms with Gasteiger partial charge in [0.25, 0.3) is 0 Å². The van der Waals surface area contributed by atoms with E-state index in [0.717, 1.165) is 33.8 Å². The summed E-state index contributed by atoms with van der Waals surface area (Å²) in [7, 11) is 0. The molecular weight excluding hydrogens is 198 g/mol. The summed E-state index contributed by atoms with van der Waals surface area (Å²) in [5.41, 5.74) is 12.0. The summed E-state index contributed by atoms with van der Waals surface area (Å²) >= 11 is 0. The van der Waals surface area contributed by atoms with Crippen LogP contribution in [0.1, 0.15) is 17.0 Å². The smallest absolute Gasteiger partial charge is 0.115 e. The van der Waals surface area contributed by atoms with Crippen LogP contribution in [0, 0.1) is 20.8 Å². The first-order chi connectivity index (χ1) is 7.59. The first kappa shape index (κ1) is 10.6. The Balaban J connectivity index is 2.68. The van der Waals surface area contributed by atoms with Crippen molar-refractivity contribution in [1.29, 1.82) is 0 Å². The lowest BCUT2D eigenvalue weighted by atomic mass is 9.98. The summed E-state index contributed by atoms with van der Waals surface area (Å²) in [6.45, 7) is 6.05. The third kappa shape index (κ3) is 1.76. The van der Waals surface area contributed by atoms with Crippen LogP contribution in [-0.4, -0.2) is 9.97 Å². The van der Waals surface area contributed by atoms with Crippen molar-refractivity contribution in [3.63, 3.8) is 0 Å². The zero-order valence-corrected chi connectivity index (χ0v) is 9.78. The van der Waals surface area contributed by atoms with E-state index in [1.54, 1.807) is 6.33 Å². The molecule has 0 saturated heterocycles. The summed E-state index contributed by atoms with van der Waals surface area (Å²) in [6, 6.07) is 5.92. The first-order valence-electron chi connectivity index (χ1n) is 5.24. The molecule has 0 aliphatic carbocycles. The average Bonchev–Trinajstić information content (AvgIpc) is 2.20. The summed E-state index contributed by atoms with van der Waals surface area (Å²) in [4.78, 5) is 8.48. The molecule has 0 fully saturated rings. The molecule has 0 spiro atoms. The summed E-state index contributed by atoms with van der Waals surface area (Å²) in [5.74, 6) is 0. The van der Waals surface area contributed by atoms with Gasteiger partial charge in [-0.2, -0.15) is 0 Å². The van der Waals surface area contributed by atoms with Gasteiger partial charge in [-0.3, -0.25) is 0 Å². The van der Waals surface area contributed by atoms with Crippen molar-refractivity contribution in [3.05, 3.63) is 41.5 Å². The van der Waals surface area contributed by atoms with Crippen LogP contribution < -0.4 is 5.73 Å². The van der Waals surface area contributed by atoms with Crippen LogP contribution in [0.5, 0.6) is 0 Å². The number of hydrogen-bond donors (Lipinski definition) is 1. The second-order valence-corrected chi connectivity index (χ2v) is 3.99. The number of hydrogen-bond acceptors (Lipinski definition) is 3.